The summed E-state index contributed by atoms with van der Waals surface area (Å²) in [5, 5.41) is 34.7. The highest BCUT2D eigenvalue weighted by Gasteiger charge is 2.26. The number of aromatic nitrogens is 2. The number of nitrogens with one attached hydrogen (secondary N) is 1. The third-order valence-electron chi connectivity index (χ3n) is 9.21. The molecule has 0 saturated heterocycles. The van der Waals surface area contributed by atoms with E-state index in [4.69, 9.17) is 17.2 Å². The highest BCUT2D eigenvalue weighted by atomic mass is 32.1. The van der Waals surface area contributed by atoms with E-state index >= 15 is 0 Å². The number of imidazole rings is 1. The lowest BCUT2D eigenvalue weighted by molar-refractivity contribution is -0.137. The van der Waals surface area contributed by atoms with Gasteiger partial charge in [0.1, 0.15) is 11.6 Å². The molecule has 53 heavy (non-hydrogen) atoms. The normalized spacial score (nSPS) is 11.0. The number of fused-ring (bicyclic) bond motifs is 1. The molecule has 6 rings (SSSR count). The van der Waals surface area contributed by atoms with Gasteiger partial charge < -0.3 is 30.4 Å². The lowest BCUT2D eigenvalue weighted by Crippen LogP contribution is -2.25. The molecule has 4 N–H and O–H groups in total. The van der Waals surface area contributed by atoms with Crippen molar-refractivity contribution < 1.29 is 24.9 Å². The van der Waals surface area contributed by atoms with Crippen molar-refractivity contribution in [2.24, 2.45) is 0 Å². The predicted octanol–water partition coefficient (Wildman–Crippen LogP) is 8.59. The molecular weight excluding hydrogens is 687 g/mol. The number of carbonyl (C=O) groups is 2. The van der Waals surface area contributed by atoms with Crippen LogP contribution in [0.4, 0.5) is 17.1 Å². The Hall–Kier alpha value is -6.20. The highest BCUT2D eigenvalue weighted by Crippen LogP contribution is 2.41. The Morgan fingerprint density at radius 2 is 1.23 bits per heavy atom. The monoisotopic (exact) mass is 727 g/mol. The van der Waals surface area contributed by atoms with E-state index in [-0.39, 0.29) is 18.6 Å². The van der Waals surface area contributed by atoms with E-state index in [9.17, 15) is 24.9 Å². The molecule has 11 heteroatoms. The Balaban J connectivity index is 1.57. The third kappa shape index (κ3) is 8.15. The summed E-state index contributed by atoms with van der Waals surface area (Å²) in [5.41, 5.74) is 6.42. The average Bonchev–Trinajstić information content (AvgIpc) is 3.57. The summed E-state index contributed by atoms with van der Waals surface area (Å²) in [6.45, 7) is 6.05. The van der Waals surface area contributed by atoms with E-state index < -0.39 is 11.9 Å². The van der Waals surface area contributed by atoms with E-state index in [1.165, 1.54) is 0 Å². The number of benzene rings is 5. The molecule has 10 nitrogen and oxygen atoms in total. The summed E-state index contributed by atoms with van der Waals surface area (Å²) >= 11 is 6.20. The average molecular weight is 728 g/mol. The number of hydrogen-bond donors (Lipinski definition) is 4. The van der Waals surface area contributed by atoms with Crippen LogP contribution in [0.1, 0.15) is 26.7 Å². The Morgan fingerprint density at radius 3 is 1.77 bits per heavy atom. The Kier molecular flexibility index (Phi) is 11.3. The first-order valence-corrected chi connectivity index (χ1v) is 17.9. The molecule has 5 aromatic carbocycles. The molecule has 0 aliphatic carbocycles. The maximum absolute atomic E-state index is 11.4. The van der Waals surface area contributed by atoms with Gasteiger partial charge in [0.15, 0.2) is 5.11 Å². The van der Waals surface area contributed by atoms with Crippen molar-refractivity contribution in [1.82, 2.24) is 9.55 Å². The third-order valence-corrected chi connectivity index (χ3v) is 9.50. The van der Waals surface area contributed by atoms with Crippen LogP contribution in [0.25, 0.3) is 44.7 Å². The van der Waals surface area contributed by atoms with Crippen molar-refractivity contribution in [3.8, 4) is 39.7 Å². The molecule has 0 aliphatic rings. The van der Waals surface area contributed by atoms with Gasteiger partial charge in [0.25, 0.3) is 0 Å². The second kappa shape index (κ2) is 16.4. The van der Waals surface area contributed by atoms with Gasteiger partial charge in [-0.25, -0.2) is 4.98 Å². The number of anilines is 3. The van der Waals surface area contributed by atoms with Gasteiger partial charge in [-0.2, -0.15) is 0 Å². The number of phenols is 1. The molecule has 0 aliphatic heterocycles. The van der Waals surface area contributed by atoms with Crippen molar-refractivity contribution >= 4 is 57.1 Å². The number of aromatic hydroxyl groups is 1. The van der Waals surface area contributed by atoms with Crippen LogP contribution in [-0.2, 0) is 9.59 Å². The quantitative estimate of drug-likeness (QED) is 0.0810. The van der Waals surface area contributed by atoms with Crippen LogP contribution in [-0.4, -0.2) is 68.1 Å². The number of phenolic OH excluding ortho intramolecular Hbond substituents is 1. The number of carboxylic acids is 2. The Labute approximate surface area is 313 Å². The molecule has 0 fully saturated rings. The number of aliphatic carboxylic acids is 2. The summed E-state index contributed by atoms with van der Waals surface area (Å²) in [5.74, 6) is -0.969. The van der Waals surface area contributed by atoms with E-state index in [0.29, 0.717) is 48.2 Å². The molecule has 0 radical (unpaired) electrons. The second-order valence-corrected chi connectivity index (χ2v) is 12.9. The van der Waals surface area contributed by atoms with E-state index in [2.05, 4.69) is 5.32 Å². The van der Waals surface area contributed by atoms with Gasteiger partial charge in [-0.1, -0.05) is 66.7 Å². The summed E-state index contributed by atoms with van der Waals surface area (Å²) in [4.78, 5) is 32.1. The van der Waals surface area contributed by atoms with Crippen molar-refractivity contribution in [2.75, 3.05) is 41.3 Å². The Morgan fingerprint density at radius 1 is 0.698 bits per heavy atom. The summed E-state index contributed by atoms with van der Waals surface area (Å²) in [7, 11) is 0. The van der Waals surface area contributed by atoms with E-state index in [1.54, 1.807) is 6.07 Å². The topological polar surface area (TPSA) is 131 Å². The zero-order chi connectivity index (χ0) is 37.5. The number of thiocarbonyl (C=S) groups is 1. The lowest BCUT2D eigenvalue weighted by atomic mass is 10.0. The minimum absolute atomic E-state index is 0.0254. The number of hydrogen-bond acceptors (Lipinski definition) is 7. The molecule has 0 bridgehead atoms. The van der Waals surface area contributed by atoms with Crippen molar-refractivity contribution in [3.05, 3.63) is 115 Å². The van der Waals surface area contributed by atoms with Crippen LogP contribution in [0, 0.1) is 0 Å². The molecule has 0 saturated carbocycles. The van der Waals surface area contributed by atoms with Gasteiger partial charge in [0.05, 0.1) is 24.2 Å². The zero-order valence-electron chi connectivity index (χ0n) is 29.6. The molecule has 270 valence electrons. The van der Waals surface area contributed by atoms with Gasteiger partial charge in [-0.15, -0.1) is 0 Å². The van der Waals surface area contributed by atoms with E-state index in [0.717, 1.165) is 44.8 Å². The molecule has 1 aromatic heterocycles. The first-order valence-electron chi connectivity index (χ1n) is 17.5. The summed E-state index contributed by atoms with van der Waals surface area (Å²) < 4.78 is 1.94. The van der Waals surface area contributed by atoms with Crippen LogP contribution in [0.3, 0.4) is 0 Å². The maximum Gasteiger partial charge on any atom is 0.305 e. The maximum atomic E-state index is 11.4. The fourth-order valence-electron chi connectivity index (χ4n) is 6.51. The van der Waals surface area contributed by atoms with Crippen LogP contribution >= 0.6 is 12.2 Å². The molecular formula is C42H41N5O5S. The smallest absolute Gasteiger partial charge is 0.305 e. The molecule has 6 aromatic rings. The van der Waals surface area contributed by atoms with Crippen molar-refractivity contribution in [3.63, 3.8) is 0 Å². The number of carboxylic acid groups (broad SMARTS) is 2. The fourth-order valence-corrected chi connectivity index (χ4v) is 6.80. The molecule has 0 unspecified atom stereocenters. The number of rotatable bonds is 14. The first kappa shape index (κ1) is 36.6. The molecule has 1 heterocycles. The first-order chi connectivity index (χ1) is 25.7. The highest BCUT2D eigenvalue weighted by molar-refractivity contribution is 7.80. The second-order valence-electron chi connectivity index (χ2n) is 12.5. The fraction of sp³-hybridized carbons (Fsp3) is 0.190. The van der Waals surface area contributed by atoms with Gasteiger partial charge in [-0.3, -0.25) is 14.2 Å². The Bertz CT molecular complexity index is 2240. The van der Waals surface area contributed by atoms with E-state index in [1.807, 2.05) is 137 Å². The zero-order valence-corrected chi connectivity index (χ0v) is 30.4. The molecule has 0 atom stereocenters. The molecule has 0 spiro atoms. The van der Waals surface area contributed by atoms with Gasteiger partial charge in [-0.05, 0) is 80.0 Å². The molecule has 0 amide bonds. The predicted molar refractivity (Wildman–Crippen MR) is 216 cm³/mol. The largest absolute Gasteiger partial charge is 0.507 e. The van der Waals surface area contributed by atoms with Crippen LogP contribution < -0.4 is 15.1 Å². The van der Waals surface area contributed by atoms with Crippen LogP contribution in [0.5, 0.6) is 5.75 Å². The minimum Gasteiger partial charge on any atom is -0.507 e. The number of nitrogens with zero attached hydrogens (tertiary/aromatic N) is 4. The standard InChI is InChI=1S/C42H41N5O5S/c1-3-45(26-24-37(49)50)31-18-14-28(15-19-31)39-40(29-16-20-32(21-17-29)46(4-2)27-25-38(51)52)47(42(53)43-30-10-6-5-7-11-30)41(44-39)35-22-23-36(48)34-13-9-8-12-33(34)35/h5-23,48H,3-4,24-27H2,1-2H3,(H,43,53)(H,49,50)(H,51,52). The summed E-state index contributed by atoms with van der Waals surface area (Å²) in [6.07, 6.45) is 0.0549. The summed E-state index contributed by atoms with van der Waals surface area (Å²) in [6, 6.07) is 36.7. The van der Waals surface area contributed by atoms with Gasteiger partial charge in [0.2, 0.25) is 0 Å². The van der Waals surface area contributed by atoms with Crippen molar-refractivity contribution in [2.45, 2.75) is 26.7 Å². The SMILES string of the molecule is CCN(CCC(=O)O)c1ccc(-c2nc(-c3ccc(O)c4ccccc34)n(C(=S)Nc3ccccc3)c2-c2ccc(N(CC)CCC(=O)O)cc2)cc1. The minimum atomic E-state index is -0.850. The van der Waals surface area contributed by atoms with Gasteiger partial charge in [0, 0.05) is 65.3 Å². The van der Waals surface area contributed by atoms with Crippen LogP contribution in [0.15, 0.2) is 115 Å². The van der Waals surface area contributed by atoms with Crippen molar-refractivity contribution in [1.29, 1.82) is 0 Å². The lowest BCUT2D eigenvalue weighted by Gasteiger charge is -2.23. The van der Waals surface area contributed by atoms with Crippen LogP contribution in [0.2, 0.25) is 0 Å². The van der Waals surface area contributed by atoms with Gasteiger partial charge >= 0.3 is 11.9 Å². The number of para-hydroxylation sites is 1.